The van der Waals surface area contributed by atoms with Crippen molar-refractivity contribution in [3.05, 3.63) is 63.6 Å². The summed E-state index contributed by atoms with van der Waals surface area (Å²) < 4.78 is 0. The van der Waals surface area contributed by atoms with Crippen molar-refractivity contribution in [2.45, 2.75) is 20.3 Å². The van der Waals surface area contributed by atoms with Crippen molar-refractivity contribution in [2.75, 3.05) is 0 Å². The summed E-state index contributed by atoms with van der Waals surface area (Å²) in [6.45, 7) is 3.80. The third kappa shape index (κ3) is 2.90. The number of aryl methyl sites for hydroxylation is 2. The van der Waals surface area contributed by atoms with Crippen LogP contribution in [0.25, 0.3) is 10.9 Å². The Hall–Kier alpha value is -2.66. The van der Waals surface area contributed by atoms with Gasteiger partial charge in [-0.25, -0.2) is 0 Å². The molecule has 0 radical (unpaired) electrons. The van der Waals surface area contributed by atoms with Gasteiger partial charge in [-0.2, -0.15) is 0 Å². The molecule has 0 aliphatic carbocycles. The third-order valence-corrected chi connectivity index (χ3v) is 4.26. The summed E-state index contributed by atoms with van der Waals surface area (Å²) in [6, 6.07) is 6.71. The maximum absolute atomic E-state index is 12.8. The van der Waals surface area contributed by atoms with Crippen LogP contribution in [0.5, 0.6) is 0 Å². The van der Waals surface area contributed by atoms with E-state index >= 15 is 0 Å². The Kier molecular flexibility index (Phi) is 4.11. The summed E-state index contributed by atoms with van der Waals surface area (Å²) >= 11 is 6.00. The highest BCUT2D eigenvalue weighted by Crippen LogP contribution is 2.27. The van der Waals surface area contributed by atoms with Gasteiger partial charge in [0, 0.05) is 34.5 Å². The van der Waals surface area contributed by atoms with E-state index in [0.29, 0.717) is 21.5 Å². The van der Waals surface area contributed by atoms with Crippen LogP contribution in [0.1, 0.15) is 32.9 Å². The molecule has 0 saturated carbocycles. The van der Waals surface area contributed by atoms with Crippen molar-refractivity contribution in [1.82, 2.24) is 9.97 Å². The number of H-pyrrole nitrogens is 1. The van der Waals surface area contributed by atoms with Gasteiger partial charge in [0.25, 0.3) is 0 Å². The van der Waals surface area contributed by atoms with E-state index < -0.39 is 5.97 Å². The average molecular weight is 342 g/mol. The summed E-state index contributed by atoms with van der Waals surface area (Å²) in [4.78, 5) is 31.1. The van der Waals surface area contributed by atoms with Crippen LogP contribution in [0.2, 0.25) is 5.02 Å². The lowest BCUT2D eigenvalue weighted by Gasteiger charge is -2.06. The molecule has 2 heterocycles. The minimum atomic E-state index is -1.27. The first-order valence-electron chi connectivity index (χ1n) is 7.34. The Labute approximate surface area is 143 Å². The summed E-state index contributed by atoms with van der Waals surface area (Å²) in [5.41, 5.74) is 3.38. The molecule has 0 unspecified atom stereocenters. The predicted molar refractivity (Wildman–Crippen MR) is 89.2 cm³/mol. The Morgan fingerprint density at radius 3 is 2.62 bits per heavy atom. The van der Waals surface area contributed by atoms with E-state index in [1.807, 2.05) is 13.8 Å². The molecular formula is C18H14ClN2O3-. The second-order valence-electron chi connectivity index (χ2n) is 5.70. The number of aliphatic carboxylic acids is 1. The van der Waals surface area contributed by atoms with Crippen LogP contribution in [0.3, 0.4) is 0 Å². The van der Waals surface area contributed by atoms with E-state index in [0.717, 1.165) is 11.1 Å². The van der Waals surface area contributed by atoms with Crippen molar-refractivity contribution < 1.29 is 14.7 Å². The highest BCUT2D eigenvalue weighted by Gasteiger charge is 2.20. The number of carbonyl (C=O) groups is 2. The first-order valence-corrected chi connectivity index (χ1v) is 7.72. The molecule has 0 bridgehead atoms. The molecule has 122 valence electrons. The molecule has 3 aromatic rings. The van der Waals surface area contributed by atoms with Gasteiger partial charge in [0.2, 0.25) is 5.78 Å². The van der Waals surface area contributed by atoms with Crippen LogP contribution in [-0.4, -0.2) is 21.7 Å². The second-order valence-corrected chi connectivity index (χ2v) is 6.14. The van der Waals surface area contributed by atoms with E-state index in [4.69, 9.17) is 11.6 Å². The lowest BCUT2D eigenvalue weighted by Crippen LogP contribution is -2.25. The van der Waals surface area contributed by atoms with Crippen LogP contribution in [-0.2, 0) is 11.2 Å². The lowest BCUT2D eigenvalue weighted by molar-refractivity contribution is -0.304. The summed E-state index contributed by atoms with van der Waals surface area (Å²) in [7, 11) is 0. The Balaban J connectivity index is 2.18. The minimum absolute atomic E-state index is 0.201. The largest absolute Gasteiger partial charge is 0.550 e. The number of pyridine rings is 1. The standard InChI is InChI=1S/C18H15ClN2O3/c1-9-5-15(20-8-10(9)2)18(24)17-13(7-16(22)23)12-6-11(19)3-4-14(12)21-17/h3-6,8,21H,7H2,1-2H3,(H,22,23)/p-1. The number of hydrogen-bond donors (Lipinski definition) is 1. The first-order chi connectivity index (χ1) is 11.4. The SMILES string of the molecule is Cc1cnc(C(=O)c2[nH]c3ccc(Cl)cc3c2CC(=O)[O-])cc1C. The molecule has 0 spiro atoms. The highest BCUT2D eigenvalue weighted by molar-refractivity contribution is 6.31. The topological polar surface area (TPSA) is 85.9 Å². The molecule has 0 aliphatic rings. The van der Waals surface area contributed by atoms with Crippen LogP contribution in [0, 0.1) is 13.8 Å². The van der Waals surface area contributed by atoms with Gasteiger partial charge in [0.05, 0.1) is 5.69 Å². The van der Waals surface area contributed by atoms with Gasteiger partial charge < -0.3 is 14.9 Å². The maximum Gasteiger partial charge on any atom is 0.227 e. The van der Waals surface area contributed by atoms with Gasteiger partial charge in [-0.1, -0.05) is 11.6 Å². The zero-order valence-corrected chi connectivity index (χ0v) is 13.9. The van der Waals surface area contributed by atoms with Crippen molar-refractivity contribution in [2.24, 2.45) is 0 Å². The zero-order chi connectivity index (χ0) is 17.4. The van der Waals surface area contributed by atoms with Crippen LogP contribution in [0.15, 0.2) is 30.5 Å². The number of nitrogens with one attached hydrogen (secondary N) is 1. The predicted octanol–water partition coefficient (Wildman–Crippen LogP) is 2.36. The number of carboxylic acids is 1. The Morgan fingerprint density at radius 2 is 1.96 bits per heavy atom. The number of halogens is 1. The molecule has 5 nitrogen and oxygen atoms in total. The van der Waals surface area contributed by atoms with Crippen LogP contribution in [0.4, 0.5) is 0 Å². The van der Waals surface area contributed by atoms with E-state index in [-0.39, 0.29) is 23.6 Å². The van der Waals surface area contributed by atoms with Gasteiger partial charge in [-0.3, -0.25) is 9.78 Å². The van der Waals surface area contributed by atoms with Gasteiger partial charge >= 0.3 is 0 Å². The fourth-order valence-electron chi connectivity index (χ4n) is 2.62. The fourth-order valence-corrected chi connectivity index (χ4v) is 2.79. The first kappa shape index (κ1) is 16.2. The van der Waals surface area contributed by atoms with E-state index in [1.165, 1.54) is 0 Å². The number of fused-ring (bicyclic) bond motifs is 1. The molecule has 0 fully saturated rings. The number of rotatable bonds is 4. The number of hydrogen-bond acceptors (Lipinski definition) is 4. The molecule has 2 aromatic heterocycles. The fraction of sp³-hybridized carbons (Fsp3) is 0.167. The molecule has 0 atom stereocenters. The molecule has 3 rings (SSSR count). The minimum Gasteiger partial charge on any atom is -0.550 e. The highest BCUT2D eigenvalue weighted by atomic mass is 35.5. The van der Waals surface area contributed by atoms with Crippen molar-refractivity contribution in [1.29, 1.82) is 0 Å². The summed E-state index contributed by atoms with van der Waals surface area (Å²) in [5.74, 6) is -1.63. The van der Waals surface area contributed by atoms with Gasteiger partial charge in [0.1, 0.15) is 5.69 Å². The number of aromatic amines is 1. The Morgan fingerprint density at radius 1 is 1.21 bits per heavy atom. The molecule has 24 heavy (non-hydrogen) atoms. The normalized spacial score (nSPS) is 11.0. The third-order valence-electron chi connectivity index (χ3n) is 4.02. The zero-order valence-electron chi connectivity index (χ0n) is 13.1. The lowest BCUT2D eigenvalue weighted by atomic mass is 10.0. The van der Waals surface area contributed by atoms with Crippen LogP contribution < -0.4 is 5.11 Å². The van der Waals surface area contributed by atoms with Crippen molar-refractivity contribution >= 4 is 34.3 Å². The molecule has 1 N–H and O–H groups in total. The van der Waals surface area contributed by atoms with Crippen molar-refractivity contribution in [3.8, 4) is 0 Å². The van der Waals surface area contributed by atoms with Gasteiger partial charge in [0.15, 0.2) is 0 Å². The number of carbonyl (C=O) groups excluding carboxylic acids is 2. The van der Waals surface area contributed by atoms with Gasteiger partial charge in [-0.15, -0.1) is 0 Å². The van der Waals surface area contributed by atoms with E-state index in [9.17, 15) is 14.7 Å². The summed E-state index contributed by atoms with van der Waals surface area (Å²) in [6.07, 6.45) is 1.24. The number of aromatic nitrogens is 2. The number of benzene rings is 1. The molecule has 1 aromatic carbocycles. The summed E-state index contributed by atoms with van der Waals surface area (Å²) in [5, 5.41) is 12.2. The smallest absolute Gasteiger partial charge is 0.227 e. The number of ketones is 1. The molecular weight excluding hydrogens is 328 g/mol. The maximum atomic E-state index is 12.8. The van der Waals surface area contributed by atoms with E-state index in [2.05, 4.69) is 9.97 Å². The molecule has 0 saturated heterocycles. The molecule has 0 amide bonds. The van der Waals surface area contributed by atoms with Crippen LogP contribution >= 0.6 is 11.6 Å². The molecule has 0 aliphatic heterocycles. The van der Waals surface area contributed by atoms with E-state index in [1.54, 1.807) is 30.5 Å². The number of carboxylic acid groups (broad SMARTS) is 1. The quantitative estimate of drug-likeness (QED) is 0.738. The monoisotopic (exact) mass is 341 g/mol. The second kappa shape index (κ2) is 6.09. The Bertz CT molecular complexity index is 976. The van der Waals surface area contributed by atoms with Crippen molar-refractivity contribution in [3.63, 3.8) is 0 Å². The molecule has 6 heteroatoms. The number of nitrogens with zero attached hydrogens (tertiary/aromatic N) is 1. The average Bonchev–Trinajstić information content (AvgIpc) is 2.87. The van der Waals surface area contributed by atoms with Gasteiger partial charge in [-0.05, 0) is 54.8 Å².